The van der Waals surface area contributed by atoms with Gasteiger partial charge in [0.05, 0.1) is 23.0 Å². The molecule has 0 spiro atoms. The van der Waals surface area contributed by atoms with Gasteiger partial charge in [-0.1, -0.05) is 76.3 Å². The van der Waals surface area contributed by atoms with Crippen molar-refractivity contribution in [3.63, 3.8) is 0 Å². The Bertz CT molecular complexity index is 1630. The molecule has 1 aliphatic rings. The maximum Gasteiger partial charge on any atom is 0.119 e. The van der Waals surface area contributed by atoms with E-state index < -0.39 is 0 Å². The predicted octanol–water partition coefficient (Wildman–Crippen LogP) is 13.6. The van der Waals surface area contributed by atoms with Gasteiger partial charge in [-0.3, -0.25) is 0 Å². The van der Waals surface area contributed by atoms with Crippen LogP contribution in [-0.4, -0.2) is 13.2 Å². The zero-order valence-corrected chi connectivity index (χ0v) is 29.3. The molecule has 0 saturated carbocycles. The second-order valence-electron chi connectivity index (χ2n) is 11.6. The van der Waals surface area contributed by atoms with Gasteiger partial charge in [-0.15, -0.1) is 22.7 Å². The third kappa shape index (κ3) is 8.09. The maximum absolute atomic E-state index is 6.06. The van der Waals surface area contributed by atoms with Gasteiger partial charge in [0.15, 0.2) is 0 Å². The number of thioether (sulfide) groups is 1. The van der Waals surface area contributed by atoms with E-state index in [2.05, 4.69) is 121 Å². The number of ether oxygens (including phenoxy) is 2. The molecule has 0 unspecified atom stereocenters. The Morgan fingerprint density at radius 2 is 1.17 bits per heavy atom. The van der Waals surface area contributed by atoms with Gasteiger partial charge in [0.2, 0.25) is 0 Å². The number of nitrogens with zero attached hydrogens (tertiary/aromatic N) is 1. The first-order valence-electron chi connectivity index (χ1n) is 16.6. The smallest absolute Gasteiger partial charge is 0.119 e. The molecule has 3 nitrogen and oxygen atoms in total. The van der Waals surface area contributed by atoms with Crippen molar-refractivity contribution in [2.75, 3.05) is 18.1 Å². The number of fused-ring (bicyclic) bond motifs is 3. The van der Waals surface area contributed by atoms with Crippen molar-refractivity contribution in [2.45, 2.75) is 70.1 Å². The molecule has 6 rings (SSSR count). The highest BCUT2D eigenvalue weighted by molar-refractivity contribution is 8.02. The van der Waals surface area contributed by atoms with Crippen LogP contribution in [0.5, 0.6) is 11.5 Å². The first-order valence-corrected chi connectivity index (χ1v) is 19.2. The van der Waals surface area contributed by atoms with Crippen LogP contribution >= 0.6 is 34.4 Å². The highest BCUT2D eigenvalue weighted by Gasteiger charge is 2.19. The molecule has 0 aliphatic carbocycles. The number of benzene rings is 3. The molecule has 0 amide bonds. The topological polar surface area (TPSA) is 21.7 Å². The summed E-state index contributed by atoms with van der Waals surface area (Å²) in [7, 11) is 0. The second-order valence-corrected chi connectivity index (χ2v) is 14.5. The summed E-state index contributed by atoms with van der Waals surface area (Å²) >= 11 is 5.53. The number of anilines is 3. The zero-order valence-electron chi connectivity index (χ0n) is 26.9. The molecule has 3 heterocycles. The third-order valence-electron chi connectivity index (χ3n) is 8.18. The minimum Gasteiger partial charge on any atom is -0.494 e. The largest absolute Gasteiger partial charge is 0.494 e. The van der Waals surface area contributed by atoms with Crippen molar-refractivity contribution < 1.29 is 9.47 Å². The van der Waals surface area contributed by atoms with Crippen LogP contribution in [-0.2, 0) is 0 Å². The molecular weight excluding hydrogens is 623 g/mol. The van der Waals surface area contributed by atoms with Crippen LogP contribution in [0, 0.1) is 0 Å². The first kappa shape index (κ1) is 32.5. The lowest BCUT2D eigenvalue weighted by Crippen LogP contribution is -2.10. The van der Waals surface area contributed by atoms with Crippen LogP contribution in [0.1, 0.15) is 70.8 Å². The molecule has 46 heavy (non-hydrogen) atoms. The molecule has 0 bridgehead atoms. The Morgan fingerprint density at radius 1 is 0.609 bits per heavy atom. The van der Waals surface area contributed by atoms with Gasteiger partial charge in [-0.2, -0.15) is 0 Å². The van der Waals surface area contributed by atoms with E-state index in [4.69, 9.17) is 9.47 Å². The number of hydrogen-bond acceptors (Lipinski definition) is 6. The monoisotopic (exact) mass is 665 g/mol. The van der Waals surface area contributed by atoms with Gasteiger partial charge in [-0.25, -0.2) is 0 Å². The van der Waals surface area contributed by atoms with Crippen LogP contribution in [0.4, 0.5) is 17.1 Å². The summed E-state index contributed by atoms with van der Waals surface area (Å²) in [5.41, 5.74) is 5.85. The van der Waals surface area contributed by atoms with Gasteiger partial charge < -0.3 is 14.4 Å². The fourth-order valence-corrected chi connectivity index (χ4v) is 8.92. The summed E-state index contributed by atoms with van der Waals surface area (Å²) in [5, 5.41) is 4.40. The lowest BCUT2D eigenvalue weighted by Gasteiger charge is -2.26. The summed E-state index contributed by atoms with van der Waals surface area (Å²) in [6.07, 6.45) is 11.9. The lowest BCUT2D eigenvalue weighted by molar-refractivity contribution is 0.305. The Labute approximate surface area is 286 Å². The average Bonchev–Trinajstić information content (AvgIpc) is 3.70. The molecule has 0 N–H and O–H groups in total. The summed E-state index contributed by atoms with van der Waals surface area (Å²) in [6.45, 7) is 6.00. The SMILES string of the molecule is CCCCCCOc1ccc(N(c2ccc(OCCCCCC)cc2)c2ccc(-c3cc4c(s3)-c3sccc3C=CS4)cc2)cc1. The molecule has 0 fully saturated rings. The molecule has 5 aromatic rings. The standard InChI is InChI=1S/C40H43NO2S3/c1-3-5-7-9-25-42-35-19-15-33(16-20-35)41(34-17-21-36(22-18-34)43-26-10-8-6-4-2)32-13-11-30(12-14-32)37-29-38-40(46-37)39-31(23-27-44-38)24-28-45-39/h11-24,27-29H,3-10,25-26H2,1-2H3. The zero-order chi connectivity index (χ0) is 31.6. The fraction of sp³-hybridized carbons (Fsp3) is 0.300. The summed E-state index contributed by atoms with van der Waals surface area (Å²) in [5.74, 6) is 1.84. The highest BCUT2D eigenvalue weighted by atomic mass is 32.2. The molecule has 6 heteroatoms. The van der Waals surface area contributed by atoms with E-state index in [0.717, 1.165) is 54.6 Å². The van der Waals surface area contributed by atoms with Crippen LogP contribution in [0.15, 0.2) is 101 Å². The minimum absolute atomic E-state index is 0.763. The molecular formula is C40H43NO2S3. The molecule has 0 saturated heterocycles. The van der Waals surface area contributed by atoms with Crippen LogP contribution in [0.3, 0.4) is 0 Å². The van der Waals surface area contributed by atoms with E-state index in [1.807, 2.05) is 34.4 Å². The molecule has 0 atom stereocenters. The number of rotatable bonds is 16. The van der Waals surface area contributed by atoms with Crippen LogP contribution in [0.25, 0.3) is 26.3 Å². The van der Waals surface area contributed by atoms with Gasteiger partial charge in [0.25, 0.3) is 0 Å². The van der Waals surface area contributed by atoms with Crippen LogP contribution in [0.2, 0.25) is 0 Å². The van der Waals surface area contributed by atoms with E-state index in [9.17, 15) is 0 Å². The first-order chi connectivity index (χ1) is 22.7. The Morgan fingerprint density at radius 3 is 1.74 bits per heavy atom. The lowest BCUT2D eigenvalue weighted by atomic mass is 10.1. The van der Waals surface area contributed by atoms with E-state index >= 15 is 0 Å². The molecule has 3 aromatic carbocycles. The van der Waals surface area contributed by atoms with E-state index in [1.165, 1.54) is 69.2 Å². The molecule has 0 radical (unpaired) electrons. The van der Waals surface area contributed by atoms with Crippen molar-refractivity contribution in [1.29, 1.82) is 0 Å². The number of hydrogen-bond donors (Lipinski definition) is 0. The van der Waals surface area contributed by atoms with Crippen molar-refractivity contribution >= 4 is 57.6 Å². The number of thiophene rings is 2. The fourth-order valence-electron chi connectivity index (χ4n) is 5.62. The highest BCUT2D eigenvalue weighted by Crippen LogP contribution is 2.48. The normalized spacial score (nSPS) is 12.0. The second kappa shape index (κ2) is 16.4. The average molecular weight is 666 g/mol. The van der Waals surface area contributed by atoms with Gasteiger partial charge in [0, 0.05) is 26.8 Å². The quantitative estimate of drug-likeness (QED) is 0.0978. The van der Waals surface area contributed by atoms with E-state index in [0.29, 0.717) is 0 Å². The molecule has 2 aromatic heterocycles. The van der Waals surface area contributed by atoms with Crippen molar-refractivity contribution in [3.8, 4) is 31.7 Å². The van der Waals surface area contributed by atoms with Crippen molar-refractivity contribution in [3.05, 3.63) is 101 Å². The van der Waals surface area contributed by atoms with E-state index in [-0.39, 0.29) is 0 Å². The molecule has 1 aliphatic heterocycles. The summed E-state index contributed by atoms with van der Waals surface area (Å²) < 4.78 is 12.1. The third-order valence-corrected chi connectivity index (χ3v) is 11.4. The maximum atomic E-state index is 6.06. The van der Waals surface area contributed by atoms with Gasteiger partial charge >= 0.3 is 0 Å². The Kier molecular flexibility index (Phi) is 11.6. The number of unbranched alkanes of at least 4 members (excludes halogenated alkanes) is 6. The summed E-state index contributed by atoms with van der Waals surface area (Å²) in [4.78, 5) is 7.69. The van der Waals surface area contributed by atoms with Gasteiger partial charge in [-0.05, 0) is 114 Å². The summed E-state index contributed by atoms with van der Waals surface area (Å²) in [6, 6.07) is 30.5. The molecule has 238 valence electrons. The predicted molar refractivity (Wildman–Crippen MR) is 202 cm³/mol. The van der Waals surface area contributed by atoms with Crippen molar-refractivity contribution in [1.82, 2.24) is 0 Å². The van der Waals surface area contributed by atoms with Gasteiger partial charge in [0.1, 0.15) is 11.5 Å². The Balaban J connectivity index is 1.23. The van der Waals surface area contributed by atoms with Crippen LogP contribution < -0.4 is 14.4 Å². The van der Waals surface area contributed by atoms with E-state index in [1.54, 1.807) is 0 Å². The van der Waals surface area contributed by atoms with Crippen molar-refractivity contribution in [2.24, 2.45) is 0 Å². The Hall–Kier alpha value is -3.45. The minimum atomic E-state index is 0.763.